The molecule has 0 nitrogen and oxygen atoms in total. The van der Waals surface area contributed by atoms with E-state index in [4.69, 9.17) is 0 Å². The highest BCUT2D eigenvalue weighted by Gasteiger charge is 2.11. The molecule has 4 aromatic carbocycles. The van der Waals surface area contributed by atoms with Crippen molar-refractivity contribution < 1.29 is 0 Å². The maximum Gasteiger partial charge on any atom is -0.00879 e. The van der Waals surface area contributed by atoms with Crippen LogP contribution in [0.4, 0.5) is 0 Å². The van der Waals surface area contributed by atoms with Crippen LogP contribution in [0.2, 0.25) is 0 Å². The number of rotatable bonds is 2. The van der Waals surface area contributed by atoms with Gasteiger partial charge in [-0.2, -0.15) is 0 Å². The number of benzene rings is 4. The fourth-order valence-corrected chi connectivity index (χ4v) is 4.13. The van der Waals surface area contributed by atoms with Crippen LogP contribution in [0.3, 0.4) is 0 Å². The second kappa shape index (κ2) is 5.21. The molecule has 0 radical (unpaired) electrons. The van der Waals surface area contributed by atoms with Gasteiger partial charge in [-0.1, -0.05) is 68.0 Å². The van der Waals surface area contributed by atoms with Gasteiger partial charge in [0.15, 0.2) is 0 Å². The monoisotopic (exact) mass is 308 g/mol. The number of hydrogen-bond acceptors (Lipinski definition) is 0. The summed E-state index contributed by atoms with van der Waals surface area (Å²) in [5.41, 5.74) is 4.30. The first-order chi connectivity index (χ1) is 11.8. The molecular weight excluding hydrogens is 288 g/mol. The molecule has 0 spiro atoms. The number of fused-ring (bicyclic) bond motifs is 6. The molecule has 0 saturated carbocycles. The summed E-state index contributed by atoms with van der Waals surface area (Å²) in [7, 11) is 0. The maximum atomic E-state index is 2.37. The summed E-state index contributed by atoms with van der Waals surface area (Å²) in [5.74, 6) is 0. The molecule has 0 heteroatoms. The molecule has 1 aliphatic rings. The average molecular weight is 308 g/mol. The van der Waals surface area contributed by atoms with Crippen LogP contribution in [0.1, 0.15) is 30.0 Å². The van der Waals surface area contributed by atoms with Crippen LogP contribution in [-0.4, -0.2) is 0 Å². The van der Waals surface area contributed by atoms with E-state index in [2.05, 4.69) is 73.7 Å². The van der Waals surface area contributed by atoms with Crippen molar-refractivity contribution in [3.63, 3.8) is 0 Å². The Kier molecular flexibility index (Phi) is 2.99. The van der Waals surface area contributed by atoms with Gasteiger partial charge in [-0.05, 0) is 74.0 Å². The van der Waals surface area contributed by atoms with Crippen LogP contribution in [0.5, 0.6) is 0 Å². The smallest absolute Gasteiger partial charge is 0.00879 e. The van der Waals surface area contributed by atoms with E-state index < -0.39 is 0 Å². The van der Waals surface area contributed by atoms with Crippen LogP contribution < -0.4 is 0 Å². The molecule has 0 fully saturated rings. The van der Waals surface area contributed by atoms with Gasteiger partial charge in [-0.3, -0.25) is 0 Å². The minimum atomic E-state index is 1.07. The van der Waals surface area contributed by atoms with Crippen molar-refractivity contribution in [3.05, 3.63) is 77.4 Å². The van der Waals surface area contributed by atoms with E-state index in [0.29, 0.717) is 0 Å². The van der Waals surface area contributed by atoms with Gasteiger partial charge in [0.1, 0.15) is 0 Å². The van der Waals surface area contributed by atoms with Crippen molar-refractivity contribution in [3.8, 4) is 0 Å². The minimum Gasteiger partial charge on any atom is -0.0795 e. The van der Waals surface area contributed by atoms with Gasteiger partial charge < -0.3 is 0 Å². The normalized spacial score (nSPS) is 13.2. The Hall–Kier alpha value is -2.60. The van der Waals surface area contributed by atoms with Crippen molar-refractivity contribution in [1.29, 1.82) is 0 Å². The summed E-state index contributed by atoms with van der Waals surface area (Å²) >= 11 is 0. The Morgan fingerprint density at radius 1 is 0.750 bits per heavy atom. The molecule has 0 atom stereocenters. The van der Waals surface area contributed by atoms with Crippen LogP contribution in [0.25, 0.3) is 38.4 Å². The Labute approximate surface area is 142 Å². The van der Waals surface area contributed by atoms with Gasteiger partial charge in [-0.25, -0.2) is 0 Å². The summed E-state index contributed by atoms with van der Waals surface area (Å²) in [5, 5.41) is 8.16. The quantitative estimate of drug-likeness (QED) is 0.286. The first-order valence-electron chi connectivity index (χ1n) is 8.91. The summed E-state index contributed by atoms with van der Waals surface area (Å²) in [4.78, 5) is 0. The second-order valence-electron chi connectivity index (χ2n) is 6.91. The van der Waals surface area contributed by atoms with Gasteiger partial charge in [0.2, 0.25) is 0 Å². The topological polar surface area (TPSA) is 0 Å². The van der Waals surface area contributed by atoms with Crippen LogP contribution in [0, 0.1) is 0 Å². The van der Waals surface area contributed by atoms with Gasteiger partial charge in [0, 0.05) is 0 Å². The van der Waals surface area contributed by atoms with Gasteiger partial charge in [0.05, 0.1) is 0 Å². The van der Waals surface area contributed by atoms with E-state index in [1.807, 2.05) is 0 Å². The molecule has 0 aromatic heterocycles. The lowest BCUT2D eigenvalue weighted by Gasteiger charge is -2.10. The highest BCUT2D eigenvalue weighted by atomic mass is 14.1. The van der Waals surface area contributed by atoms with E-state index >= 15 is 0 Å². The third kappa shape index (κ3) is 1.99. The Balaban J connectivity index is 1.83. The standard InChI is InChI=1S/C24H20/c1-2-4-16-7-8-18-15-24-19(14-20(18)13-16)10-12-22-21-6-3-5-17(21)9-11-23(22)24/h3,6-15H,2,4-5H2,1H3. The Morgan fingerprint density at radius 2 is 1.62 bits per heavy atom. The predicted molar refractivity (Wildman–Crippen MR) is 106 cm³/mol. The summed E-state index contributed by atoms with van der Waals surface area (Å²) < 4.78 is 0. The van der Waals surface area contributed by atoms with Crippen molar-refractivity contribution in [2.24, 2.45) is 0 Å². The van der Waals surface area contributed by atoms with E-state index in [0.717, 1.165) is 12.8 Å². The van der Waals surface area contributed by atoms with E-state index in [1.165, 1.54) is 55.4 Å². The van der Waals surface area contributed by atoms with Crippen LogP contribution in [0.15, 0.2) is 60.7 Å². The predicted octanol–water partition coefficient (Wildman–Crippen LogP) is 6.67. The number of aryl methyl sites for hydroxylation is 1. The fraction of sp³-hybridized carbons (Fsp3) is 0.167. The molecule has 0 amide bonds. The highest BCUT2D eigenvalue weighted by molar-refractivity contribution is 6.14. The van der Waals surface area contributed by atoms with Crippen molar-refractivity contribution >= 4 is 38.4 Å². The molecule has 1 aliphatic carbocycles. The van der Waals surface area contributed by atoms with E-state index in [-0.39, 0.29) is 0 Å². The van der Waals surface area contributed by atoms with Crippen molar-refractivity contribution in [1.82, 2.24) is 0 Å². The molecule has 0 bridgehead atoms. The van der Waals surface area contributed by atoms with Gasteiger partial charge >= 0.3 is 0 Å². The number of hydrogen-bond donors (Lipinski definition) is 0. The average Bonchev–Trinajstić information content (AvgIpc) is 3.09. The molecule has 0 saturated heterocycles. The second-order valence-corrected chi connectivity index (χ2v) is 6.91. The van der Waals surface area contributed by atoms with Crippen LogP contribution >= 0.6 is 0 Å². The Bertz CT molecular complexity index is 1130. The minimum absolute atomic E-state index is 1.07. The third-order valence-electron chi connectivity index (χ3n) is 5.33. The molecule has 0 aliphatic heterocycles. The zero-order valence-corrected chi connectivity index (χ0v) is 14.0. The van der Waals surface area contributed by atoms with E-state index in [1.54, 1.807) is 0 Å². The lowest BCUT2D eigenvalue weighted by molar-refractivity contribution is 0.924. The third-order valence-corrected chi connectivity index (χ3v) is 5.33. The summed E-state index contributed by atoms with van der Waals surface area (Å²) in [6, 6.07) is 20.8. The number of allylic oxidation sites excluding steroid dienone is 1. The molecule has 0 unspecified atom stereocenters. The van der Waals surface area contributed by atoms with Gasteiger partial charge in [-0.15, -0.1) is 0 Å². The zero-order valence-electron chi connectivity index (χ0n) is 14.0. The van der Waals surface area contributed by atoms with Gasteiger partial charge in [0.25, 0.3) is 0 Å². The first kappa shape index (κ1) is 13.8. The highest BCUT2D eigenvalue weighted by Crippen LogP contribution is 2.35. The largest absolute Gasteiger partial charge is 0.0795 e. The fourth-order valence-electron chi connectivity index (χ4n) is 4.13. The molecule has 5 rings (SSSR count). The lowest BCUT2D eigenvalue weighted by Crippen LogP contribution is -1.87. The van der Waals surface area contributed by atoms with Crippen molar-refractivity contribution in [2.45, 2.75) is 26.2 Å². The molecular formula is C24H20. The SMILES string of the molecule is CCCc1ccc2cc3c(ccc4c5c(ccc43)CC=C5)cc2c1. The first-order valence-corrected chi connectivity index (χ1v) is 8.91. The van der Waals surface area contributed by atoms with Crippen LogP contribution in [-0.2, 0) is 12.8 Å². The molecule has 4 aromatic rings. The molecule has 0 heterocycles. The molecule has 24 heavy (non-hydrogen) atoms. The lowest BCUT2D eigenvalue weighted by atomic mass is 9.94. The molecule has 0 N–H and O–H groups in total. The zero-order chi connectivity index (χ0) is 16.1. The maximum absolute atomic E-state index is 2.37. The van der Waals surface area contributed by atoms with Crippen molar-refractivity contribution in [2.75, 3.05) is 0 Å². The van der Waals surface area contributed by atoms with E-state index in [9.17, 15) is 0 Å². The summed E-state index contributed by atoms with van der Waals surface area (Å²) in [6.07, 6.45) is 7.97. The summed E-state index contributed by atoms with van der Waals surface area (Å²) in [6.45, 7) is 2.24. The molecule has 116 valence electrons. The Morgan fingerprint density at radius 3 is 2.54 bits per heavy atom.